The maximum Gasteiger partial charge on any atom is 0.251 e. The number of hydrogen-bond donors (Lipinski definition) is 0. The molecular weight excluding hydrogens is 230 g/mol. The van der Waals surface area contributed by atoms with Gasteiger partial charge < -0.3 is 9.64 Å². The number of likely N-dealkylation sites (tertiary alicyclic amines) is 1. The summed E-state index contributed by atoms with van der Waals surface area (Å²) >= 11 is 0. The van der Waals surface area contributed by atoms with Gasteiger partial charge in [-0.2, -0.15) is 0 Å². The minimum atomic E-state index is -0.271. The van der Waals surface area contributed by atoms with E-state index < -0.39 is 0 Å². The molecule has 0 aromatic heterocycles. The van der Waals surface area contributed by atoms with Crippen LogP contribution in [0.4, 0.5) is 0 Å². The summed E-state index contributed by atoms with van der Waals surface area (Å²) in [5.41, 5.74) is 0. The maximum atomic E-state index is 12.4. The summed E-state index contributed by atoms with van der Waals surface area (Å²) in [6, 6.07) is 0.100. The van der Waals surface area contributed by atoms with E-state index in [1.807, 2.05) is 11.8 Å². The van der Waals surface area contributed by atoms with Gasteiger partial charge in [-0.1, -0.05) is 0 Å². The largest absolute Gasteiger partial charge is 0.365 e. The van der Waals surface area contributed by atoms with Gasteiger partial charge in [-0.25, -0.2) is 0 Å². The normalized spacial score (nSPS) is 32.6. The van der Waals surface area contributed by atoms with Crippen molar-refractivity contribution >= 4 is 11.7 Å². The monoisotopic (exact) mass is 253 g/mol. The molecule has 2 saturated heterocycles. The Hall–Kier alpha value is -0.900. The van der Waals surface area contributed by atoms with E-state index in [1.54, 1.807) is 6.92 Å². The predicted octanol–water partition coefficient (Wildman–Crippen LogP) is 1.91. The van der Waals surface area contributed by atoms with Gasteiger partial charge in [-0.15, -0.1) is 0 Å². The quantitative estimate of drug-likeness (QED) is 0.772. The number of piperidine rings is 1. The van der Waals surface area contributed by atoms with E-state index >= 15 is 0 Å². The molecule has 0 radical (unpaired) electrons. The minimum absolute atomic E-state index is 0.100. The predicted molar refractivity (Wildman–Crippen MR) is 68.2 cm³/mol. The number of ether oxygens (including phenoxy) is 1. The molecule has 102 valence electrons. The van der Waals surface area contributed by atoms with Crippen LogP contribution < -0.4 is 0 Å². The van der Waals surface area contributed by atoms with Crippen LogP contribution in [0.5, 0.6) is 0 Å². The fourth-order valence-corrected chi connectivity index (χ4v) is 3.00. The molecule has 2 fully saturated rings. The molecule has 0 spiro atoms. The third-order valence-corrected chi connectivity index (χ3v) is 3.94. The highest BCUT2D eigenvalue weighted by Crippen LogP contribution is 2.26. The van der Waals surface area contributed by atoms with Crippen LogP contribution in [-0.4, -0.2) is 41.4 Å². The lowest BCUT2D eigenvalue weighted by molar-refractivity contribution is -0.147. The van der Waals surface area contributed by atoms with Crippen LogP contribution in [0.15, 0.2) is 0 Å². The summed E-state index contributed by atoms with van der Waals surface area (Å²) in [5, 5.41) is 0. The van der Waals surface area contributed by atoms with Crippen molar-refractivity contribution in [1.82, 2.24) is 4.90 Å². The zero-order chi connectivity index (χ0) is 13.1. The van der Waals surface area contributed by atoms with Crippen molar-refractivity contribution in [1.29, 1.82) is 0 Å². The highest BCUT2D eigenvalue weighted by atomic mass is 16.5. The first kappa shape index (κ1) is 13.5. The molecule has 0 aromatic carbocycles. The molecule has 3 unspecified atom stereocenters. The third-order valence-electron chi connectivity index (χ3n) is 3.94. The Bertz CT molecular complexity index is 329. The Balaban J connectivity index is 1.99. The highest BCUT2D eigenvalue weighted by molar-refractivity contribution is 5.83. The first-order chi connectivity index (χ1) is 8.58. The summed E-state index contributed by atoms with van der Waals surface area (Å²) < 4.78 is 5.65. The Morgan fingerprint density at radius 2 is 2.00 bits per heavy atom. The van der Waals surface area contributed by atoms with Gasteiger partial charge in [0.25, 0.3) is 5.91 Å². The van der Waals surface area contributed by atoms with Crippen molar-refractivity contribution in [2.45, 2.75) is 70.6 Å². The summed E-state index contributed by atoms with van der Waals surface area (Å²) in [6.07, 6.45) is 5.31. The molecule has 2 heterocycles. The van der Waals surface area contributed by atoms with E-state index in [0.29, 0.717) is 6.42 Å². The average molecular weight is 253 g/mol. The van der Waals surface area contributed by atoms with E-state index in [4.69, 9.17) is 4.74 Å². The second-order valence-electron chi connectivity index (χ2n) is 5.60. The van der Waals surface area contributed by atoms with Crippen molar-refractivity contribution in [3.8, 4) is 0 Å². The third kappa shape index (κ3) is 3.10. The fraction of sp³-hybridized carbons (Fsp3) is 0.857. The number of nitrogens with zero attached hydrogens (tertiary/aromatic N) is 1. The molecule has 2 aliphatic rings. The molecule has 0 aromatic rings. The van der Waals surface area contributed by atoms with Gasteiger partial charge in [0.05, 0.1) is 6.10 Å². The number of Topliss-reactive ketones (excluding diaryl/α,β-unsaturated/α-hetero) is 1. The Morgan fingerprint density at radius 3 is 2.61 bits per heavy atom. The van der Waals surface area contributed by atoms with Crippen molar-refractivity contribution in [2.24, 2.45) is 0 Å². The number of ketones is 1. The molecule has 2 aliphatic heterocycles. The van der Waals surface area contributed by atoms with Gasteiger partial charge in [0.1, 0.15) is 11.9 Å². The molecule has 0 aliphatic carbocycles. The lowest BCUT2D eigenvalue weighted by Crippen LogP contribution is -2.48. The zero-order valence-corrected chi connectivity index (χ0v) is 11.4. The number of rotatable bonds is 3. The molecule has 0 saturated carbocycles. The van der Waals surface area contributed by atoms with Gasteiger partial charge in [-0.05, 0) is 46.0 Å². The Kier molecular flexibility index (Phi) is 4.38. The first-order valence-electron chi connectivity index (χ1n) is 7.03. The molecule has 0 N–H and O–H groups in total. The average Bonchev–Trinajstić information content (AvgIpc) is 2.75. The number of carbonyl (C=O) groups excluding carboxylic acids is 2. The van der Waals surface area contributed by atoms with Crippen molar-refractivity contribution < 1.29 is 14.3 Å². The number of hydrogen-bond acceptors (Lipinski definition) is 3. The smallest absolute Gasteiger partial charge is 0.251 e. The lowest BCUT2D eigenvalue weighted by atomic mass is 9.97. The van der Waals surface area contributed by atoms with E-state index in [0.717, 1.165) is 38.6 Å². The summed E-state index contributed by atoms with van der Waals surface area (Å²) in [4.78, 5) is 25.6. The van der Waals surface area contributed by atoms with Crippen LogP contribution in [0.2, 0.25) is 0 Å². The van der Waals surface area contributed by atoms with Crippen LogP contribution in [0.1, 0.15) is 52.4 Å². The second-order valence-corrected chi connectivity index (χ2v) is 5.60. The van der Waals surface area contributed by atoms with Crippen LogP contribution in [0.25, 0.3) is 0 Å². The number of amides is 1. The second kappa shape index (κ2) is 5.83. The summed E-state index contributed by atoms with van der Waals surface area (Å²) in [5.74, 6) is 0.269. The molecule has 4 heteroatoms. The molecule has 1 amide bonds. The van der Waals surface area contributed by atoms with E-state index in [-0.39, 0.29) is 29.9 Å². The first-order valence-corrected chi connectivity index (χ1v) is 7.03. The van der Waals surface area contributed by atoms with Crippen LogP contribution in [0, 0.1) is 0 Å². The lowest BCUT2D eigenvalue weighted by Gasteiger charge is -2.36. The fourth-order valence-electron chi connectivity index (χ4n) is 3.00. The van der Waals surface area contributed by atoms with Gasteiger partial charge in [0.2, 0.25) is 0 Å². The van der Waals surface area contributed by atoms with E-state index in [2.05, 4.69) is 0 Å². The van der Waals surface area contributed by atoms with Gasteiger partial charge >= 0.3 is 0 Å². The Morgan fingerprint density at radius 1 is 1.22 bits per heavy atom. The molecule has 2 rings (SSSR count). The van der Waals surface area contributed by atoms with Gasteiger partial charge in [0, 0.05) is 19.0 Å². The zero-order valence-electron chi connectivity index (χ0n) is 11.4. The summed E-state index contributed by atoms with van der Waals surface area (Å²) in [7, 11) is 0. The van der Waals surface area contributed by atoms with E-state index in [9.17, 15) is 9.59 Å². The van der Waals surface area contributed by atoms with E-state index in [1.165, 1.54) is 0 Å². The van der Waals surface area contributed by atoms with Gasteiger partial charge in [-0.3, -0.25) is 9.59 Å². The number of carbonyl (C=O) groups is 2. The van der Waals surface area contributed by atoms with Crippen LogP contribution in [-0.2, 0) is 14.3 Å². The molecule has 4 nitrogen and oxygen atoms in total. The highest BCUT2D eigenvalue weighted by Gasteiger charge is 2.35. The van der Waals surface area contributed by atoms with Crippen LogP contribution in [0.3, 0.4) is 0 Å². The Labute approximate surface area is 109 Å². The van der Waals surface area contributed by atoms with Gasteiger partial charge in [0.15, 0.2) is 0 Å². The molecule has 0 bridgehead atoms. The molecular formula is C14H23NO3. The summed E-state index contributed by atoms with van der Waals surface area (Å²) in [6.45, 7) is 4.40. The van der Waals surface area contributed by atoms with Crippen LogP contribution >= 0.6 is 0 Å². The van der Waals surface area contributed by atoms with Crippen molar-refractivity contribution in [3.05, 3.63) is 0 Å². The maximum absolute atomic E-state index is 12.4. The SMILES string of the molecule is CC(=O)CC1CCCCN1C(=O)C1CCC(C)O1. The minimum Gasteiger partial charge on any atom is -0.365 e. The topological polar surface area (TPSA) is 46.6 Å². The molecule has 3 atom stereocenters. The van der Waals surface area contributed by atoms with Crippen molar-refractivity contribution in [3.63, 3.8) is 0 Å². The molecule has 18 heavy (non-hydrogen) atoms. The standard InChI is InChI=1S/C14H23NO3/c1-10(16)9-12-5-3-4-8-15(12)14(17)13-7-6-11(2)18-13/h11-13H,3-9H2,1-2H3. The van der Waals surface area contributed by atoms with Crippen molar-refractivity contribution in [2.75, 3.05) is 6.54 Å².